The fraction of sp³-hybridized carbons (Fsp3) is 0.611. The number of amides is 1. The van der Waals surface area contributed by atoms with Gasteiger partial charge in [-0.15, -0.1) is 11.3 Å². The van der Waals surface area contributed by atoms with Gasteiger partial charge in [-0.05, 0) is 44.6 Å². The second-order valence-electron chi connectivity index (χ2n) is 7.30. The highest BCUT2D eigenvalue weighted by molar-refractivity contribution is 8.00. The minimum Gasteiger partial charge on any atom is -0.383 e. The molecule has 0 saturated carbocycles. The highest BCUT2D eigenvalue weighted by atomic mass is 32.2. The van der Waals surface area contributed by atoms with E-state index in [1.807, 2.05) is 18.7 Å². The first-order valence-corrected chi connectivity index (χ1v) is 10.4. The van der Waals surface area contributed by atoms with Crippen LogP contribution in [-0.4, -0.2) is 39.1 Å². The molecule has 5 nitrogen and oxygen atoms in total. The Hall–Kier alpha value is -1.34. The van der Waals surface area contributed by atoms with Gasteiger partial charge in [0.1, 0.15) is 10.6 Å². The van der Waals surface area contributed by atoms with Crippen LogP contribution in [0.2, 0.25) is 0 Å². The molecule has 1 fully saturated rings. The number of likely N-dealkylation sites (tertiary alicyclic amines) is 1. The summed E-state index contributed by atoms with van der Waals surface area (Å²) >= 11 is 3.04. The Kier molecular flexibility index (Phi) is 5.25. The van der Waals surface area contributed by atoms with Gasteiger partial charge in [0.15, 0.2) is 5.16 Å². The maximum absolute atomic E-state index is 12.8. The van der Waals surface area contributed by atoms with Crippen molar-refractivity contribution in [2.45, 2.75) is 51.4 Å². The Morgan fingerprint density at radius 1 is 1.28 bits per heavy atom. The number of fused-ring (bicyclic) bond motifs is 1. The van der Waals surface area contributed by atoms with Crippen LogP contribution in [0.4, 0.5) is 5.82 Å². The number of nitrogens with two attached hydrogens (primary N) is 1. The average molecular weight is 379 g/mol. The lowest BCUT2D eigenvalue weighted by atomic mass is 9.92. The second kappa shape index (κ2) is 7.11. The number of thioether (sulfide) groups is 1. The molecule has 2 aromatic heterocycles. The molecule has 136 valence electrons. The van der Waals surface area contributed by atoms with Crippen molar-refractivity contribution < 1.29 is 4.79 Å². The lowest BCUT2D eigenvalue weighted by molar-refractivity contribution is -0.132. The molecule has 1 saturated heterocycles. The molecule has 25 heavy (non-hydrogen) atoms. The summed E-state index contributed by atoms with van der Waals surface area (Å²) in [6.07, 6.45) is 1.19. The summed E-state index contributed by atoms with van der Waals surface area (Å²) < 4.78 is 0. The number of nitrogens with zero attached hydrogens (tertiary/aromatic N) is 3. The van der Waals surface area contributed by atoms with Gasteiger partial charge in [-0.25, -0.2) is 9.97 Å². The number of hydrogen-bond acceptors (Lipinski definition) is 6. The highest BCUT2D eigenvalue weighted by Crippen LogP contribution is 2.34. The summed E-state index contributed by atoms with van der Waals surface area (Å²) in [5, 5.41) is 1.33. The number of anilines is 1. The van der Waals surface area contributed by atoms with Gasteiger partial charge in [-0.3, -0.25) is 4.79 Å². The van der Waals surface area contributed by atoms with Crippen LogP contribution >= 0.6 is 23.1 Å². The molecular weight excluding hydrogens is 352 g/mol. The van der Waals surface area contributed by atoms with Crippen LogP contribution in [-0.2, 0) is 4.79 Å². The molecule has 0 bridgehead atoms. The molecule has 3 heterocycles. The quantitative estimate of drug-likeness (QED) is 0.648. The predicted molar refractivity (Wildman–Crippen MR) is 106 cm³/mol. The van der Waals surface area contributed by atoms with E-state index in [1.54, 1.807) is 11.3 Å². The Morgan fingerprint density at radius 2 is 1.92 bits per heavy atom. The number of hydrogen-bond donors (Lipinski definition) is 1. The third-order valence-corrected chi connectivity index (χ3v) is 6.90. The number of carbonyl (C=O) groups excluding carboxylic acids is 1. The number of nitrogen functional groups attached to an aromatic ring is 1. The summed E-state index contributed by atoms with van der Waals surface area (Å²) in [5.41, 5.74) is 7.30. The SMILES string of the molecule is Cc1sc2nc(SC(C)C(=O)N3CC(C)CC(C)C3)nc(N)c2c1C. The molecule has 0 aromatic carbocycles. The second-order valence-corrected chi connectivity index (χ2v) is 9.82. The zero-order valence-electron chi connectivity index (χ0n) is 15.5. The van der Waals surface area contributed by atoms with E-state index in [-0.39, 0.29) is 11.2 Å². The minimum absolute atomic E-state index is 0.171. The fourth-order valence-corrected chi connectivity index (χ4v) is 5.58. The van der Waals surface area contributed by atoms with E-state index in [4.69, 9.17) is 5.73 Å². The van der Waals surface area contributed by atoms with Crippen molar-refractivity contribution >= 4 is 45.0 Å². The van der Waals surface area contributed by atoms with E-state index >= 15 is 0 Å². The molecule has 3 unspecified atom stereocenters. The fourth-order valence-electron chi connectivity index (χ4n) is 3.62. The molecule has 2 aromatic rings. The largest absolute Gasteiger partial charge is 0.383 e. The van der Waals surface area contributed by atoms with Crippen molar-refractivity contribution in [1.82, 2.24) is 14.9 Å². The summed E-state index contributed by atoms with van der Waals surface area (Å²) in [4.78, 5) is 26.0. The number of piperidine rings is 1. The number of aryl methyl sites for hydroxylation is 2. The molecule has 0 radical (unpaired) electrons. The van der Waals surface area contributed by atoms with Crippen molar-refractivity contribution in [2.24, 2.45) is 11.8 Å². The van der Waals surface area contributed by atoms with Crippen LogP contribution in [0.15, 0.2) is 5.16 Å². The lowest BCUT2D eigenvalue weighted by Gasteiger charge is -2.36. The van der Waals surface area contributed by atoms with Gasteiger partial charge >= 0.3 is 0 Å². The molecule has 1 aliphatic heterocycles. The van der Waals surface area contributed by atoms with Crippen LogP contribution in [0.5, 0.6) is 0 Å². The van der Waals surface area contributed by atoms with Gasteiger partial charge < -0.3 is 10.6 Å². The normalized spacial score (nSPS) is 22.4. The van der Waals surface area contributed by atoms with E-state index in [1.165, 1.54) is 23.1 Å². The van der Waals surface area contributed by atoms with Gasteiger partial charge in [0.25, 0.3) is 0 Å². The topological polar surface area (TPSA) is 72.1 Å². The number of aromatic nitrogens is 2. The Morgan fingerprint density at radius 3 is 2.56 bits per heavy atom. The summed E-state index contributed by atoms with van der Waals surface area (Å²) in [7, 11) is 0. The first-order chi connectivity index (χ1) is 11.8. The number of thiophene rings is 1. The molecule has 3 atom stereocenters. The van der Waals surface area contributed by atoms with Gasteiger partial charge in [-0.1, -0.05) is 25.6 Å². The molecule has 3 rings (SSSR count). The van der Waals surface area contributed by atoms with Crippen LogP contribution in [0, 0.1) is 25.7 Å². The Labute approximate surface area is 157 Å². The maximum atomic E-state index is 12.8. The van der Waals surface area contributed by atoms with Crippen molar-refractivity contribution in [3.63, 3.8) is 0 Å². The molecule has 1 aliphatic rings. The van der Waals surface area contributed by atoms with Crippen LogP contribution in [0.25, 0.3) is 10.2 Å². The molecular formula is C18H26N4OS2. The van der Waals surface area contributed by atoms with Crippen molar-refractivity contribution in [1.29, 1.82) is 0 Å². The van der Waals surface area contributed by atoms with E-state index in [2.05, 4.69) is 30.7 Å². The van der Waals surface area contributed by atoms with Crippen LogP contribution < -0.4 is 5.73 Å². The van der Waals surface area contributed by atoms with E-state index in [9.17, 15) is 4.79 Å². The molecule has 7 heteroatoms. The zero-order chi connectivity index (χ0) is 18.3. The van der Waals surface area contributed by atoms with Crippen molar-refractivity contribution in [3.8, 4) is 0 Å². The van der Waals surface area contributed by atoms with Crippen LogP contribution in [0.3, 0.4) is 0 Å². The maximum Gasteiger partial charge on any atom is 0.235 e. The van der Waals surface area contributed by atoms with E-state index in [0.29, 0.717) is 22.8 Å². The van der Waals surface area contributed by atoms with E-state index < -0.39 is 0 Å². The average Bonchev–Trinajstić information content (AvgIpc) is 2.80. The zero-order valence-corrected chi connectivity index (χ0v) is 17.1. The third kappa shape index (κ3) is 3.77. The van der Waals surface area contributed by atoms with Crippen molar-refractivity contribution in [3.05, 3.63) is 10.4 Å². The Balaban J connectivity index is 1.77. The lowest BCUT2D eigenvalue weighted by Crippen LogP contribution is -2.45. The summed E-state index contributed by atoms with van der Waals surface area (Å²) in [5.74, 6) is 1.80. The number of carbonyl (C=O) groups is 1. The van der Waals surface area contributed by atoms with Gasteiger partial charge in [0.05, 0.1) is 10.6 Å². The number of rotatable bonds is 3. The smallest absolute Gasteiger partial charge is 0.235 e. The first kappa shape index (κ1) is 18.5. The monoisotopic (exact) mass is 378 g/mol. The molecule has 1 amide bonds. The summed E-state index contributed by atoms with van der Waals surface area (Å²) in [6.45, 7) is 12.2. The molecule has 2 N–H and O–H groups in total. The first-order valence-electron chi connectivity index (χ1n) is 8.75. The predicted octanol–water partition coefficient (Wildman–Crippen LogP) is 3.88. The van der Waals surface area contributed by atoms with Crippen LogP contribution in [0.1, 0.15) is 37.6 Å². The van der Waals surface area contributed by atoms with E-state index in [0.717, 1.165) is 28.9 Å². The highest BCUT2D eigenvalue weighted by Gasteiger charge is 2.29. The minimum atomic E-state index is -0.212. The Bertz CT molecular complexity index is 794. The van der Waals surface area contributed by atoms with Crippen molar-refractivity contribution in [2.75, 3.05) is 18.8 Å². The molecule has 0 spiro atoms. The standard InChI is InChI=1S/C18H26N4OS2/c1-9-6-10(2)8-22(7-9)17(23)13(5)25-18-20-15(19)14-11(3)12(4)24-16(14)21-18/h9-10,13H,6-8H2,1-5H3,(H2,19,20,21). The third-order valence-electron chi connectivity index (χ3n) is 4.85. The summed E-state index contributed by atoms with van der Waals surface area (Å²) in [6, 6.07) is 0. The van der Waals surface area contributed by atoms with Gasteiger partial charge in [0, 0.05) is 18.0 Å². The van der Waals surface area contributed by atoms with Gasteiger partial charge in [-0.2, -0.15) is 0 Å². The molecule has 0 aliphatic carbocycles. The van der Waals surface area contributed by atoms with Gasteiger partial charge in [0.2, 0.25) is 5.91 Å².